The van der Waals surface area contributed by atoms with Crippen molar-refractivity contribution >= 4 is 21.6 Å². The molecular weight excluding hydrogens is 274 g/mol. The van der Waals surface area contributed by atoms with Gasteiger partial charge in [-0.25, -0.2) is 8.42 Å². The van der Waals surface area contributed by atoms with Crippen molar-refractivity contribution in [3.05, 3.63) is 40.9 Å². The number of rotatable bonds is 5. The fourth-order valence-corrected chi connectivity index (χ4v) is 3.02. The lowest BCUT2D eigenvalue weighted by atomic mass is 10.2. The lowest BCUT2D eigenvalue weighted by Crippen LogP contribution is -2.28. The predicted octanol–water partition coefficient (Wildman–Crippen LogP) is 2.03. The Kier molecular flexibility index (Phi) is 4.92. The highest BCUT2D eigenvalue weighted by atomic mass is 35.5. The second-order valence-electron chi connectivity index (χ2n) is 4.13. The van der Waals surface area contributed by atoms with Crippen molar-refractivity contribution in [3.63, 3.8) is 0 Å². The van der Waals surface area contributed by atoms with Crippen LogP contribution in [0.1, 0.15) is 12.5 Å². The molecule has 0 heterocycles. The molecule has 0 aliphatic rings. The van der Waals surface area contributed by atoms with Crippen LogP contribution in [0.5, 0.6) is 0 Å². The minimum absolute atomic E-state index is 0.105. The Balaban J connectivity index is 3.13. The molecule has 1 rings (SSSR count). The average molecular weight is 290 g/mol. The van der Waals surface area contributed by atoms with Gasteiger partial charge in [0.05, 0.1) is 11.5 Å². The minimum atomic E-state index is -3.58. The van der Waals surface area contributed by atoms with Crippen LogP contribution in [0.2, 0.25) is 5.02 Å². The van der Waals surface area contributed by atoms with Gasteiger partial charge in [-0.1, -0.05) is 29.8 Å². The molecule has 0 saturated carbocycles. The molecule has 0 bridgehead atoms. The van der Waals surface area contributed by atoms with Crippen LogP contribution in [-0.4, -0.2) is 31.4 Å². The number of aliphatic hydroxyl groups excluding tert-OH is 1. The van der Waals surface area contributed by atoms with E-state index in [-0.39, 0.29) is 23.1 Å². The number of hydrogen-bond donors (Lipinski definition) is 1. The number of likely N-dealkylation sites (N-methyl/N-ethyl adjacent to an activating group) is 1. The molecule has 0 aliphatic carbocycles. The standard InChI is InChI=1S/C12H16ClNO3S/c1-9(2)7-14(3)18(16,17)11-5-4-10(8-15)12(13)6-11/h4-6,15H,1,7-8H2,2-3H3. The van der Waals surface area contributed by atoms with E-state index < -0.39 is 10.0 Å². The molecule has 6 heteroatoms. The van der Waals surface area contributed by atoms with Crippen molar-refractivity contribution in [2.75, 3.05) is 13.6 Å². The van der Waals surface area contributed by atoms with E-state index >= 15 is 0 Å². The number of nitrogens with zero attached hydrogens (tertiary/aromatic N) is 1. The molecule has 0 aliphatic heterocycles. The van der Waals surface area contributed by atoms with Gasteiger partial charge in [-0.2, -0.15) is 4.31 Å². The maximum absolute atomic E-state index is 12.2. The molecule has 100 valence electrons. The first-order valence-electron chi connectivity index (χ1n) is 5.29. The highest BCUT2D eigenvalue weighted by Crippen LogP contribution is 2.23. The van der Waals surface area contributed by atoms with Crippen molar-refractivity contribution in [1.82, 2.24) is 4.31 Å². The van der Waals surface area contributed by atoms with Gasteiger partial charge in [0.1, 0.15) is 0 Å². The third-order valence-electron chi connectivity index (χ3n) is 2.40. The first-order valence-corrected chi connectivity index (χ1v) is 7.11. The van der Waals surface area contributed by atoms with Gasteiger partial charge in [0.2, 0.25) is 10.0 Å². The van der Waals surface area contributed by atoms with Crippen LogP contribution < -0.4 is 0 Å². The molecule has 0 saturated heterocycles. The summed E-state index contributed by atoms with van der Waals surface area (Å²) in [5.41, 5.74) is 1.25. The molecule has 1 N–H and O–H groups in total. The van der Waals surface area contributed by atoms with Gasteiger partial charge in [-0.3, -0.25) is 0 Å². The second kappa shape index (κ2) is 5.84. The van der Waals surface area contributed by atoms with Gasteiger partial charge in [0.25, 0.3) is 0 Å². The van der Waals surface area contributed by atoms with Crippen molar-refractivity contribution in [1.29, 1.82) is 0 Å². The zero-order chi connectivity index (χ0) is 13.9. The number of aliphatic hydroxyl groups is 1. The van der Waals surface area contributed by atoms with E-state index in [1.807, 2.05) is 0 Å². The summed E-state index contributed by atoms with van der Waals surface area (Å²) in [6.45, 7) is 5.47. The summed E-state index contributed by atoms with van der Waals surface area (Å²) in [7, 11) is -2.09. The summed E-state index contributed by atoms with van der Waals surface area (Å²) in [6, 6.07) is 4.28. The van der Waals surface area contributed by atoms with Crippen LogP contribution in [0.15, 0.2) is 35.2 Å². The molecule has 0 spiro atoms. The molecule has 1 aromatic carbocycles. The highest BCUT2D eigenvalue weighted by Gasteiger charge is 2.21. The predicted molar refractivity (Wildman–Crippen MR) is 72.0 cm³/mol. The van der Waals surface area contributed by atoms with E-state index in [2.05, 4.69) is 6.58 Å². The van der Waals surface area contributed by atoms with E-state index in [0.717, 1.165) is 5.57 Å². The Morgan fingerprint density at radius 1 is 1.50 bits per heavy atom. The fraction of sp³-hybridized carbons (Fsp3) is 0.333. The number of halogens is 1. The minimum Gasteiger partial charge on any atom is -0.392 e. The van der Waals surface area contributed by atoms with Gasteiger partial charge in [-0.15, -0.1) is 0 Å². The van der Waals surface area contributed by atoms with Crippen LogP contribution in [0.4, 0.5) is 0 Å². The summed E-state index contributed by atoms with van der Waals surface area (Å²) in [6.07, 6.45) is 0. The largest absolute Gasteiger partial charge is 0.392 e. The van der Waals surface area contributed by atoms with Crippen LogP contribution in [0.25, 0.3) is 0 Å². The molecule has 18 heavy (non-hydrogen) atoms. The summed E-state index contributed by atoms with van der Waals surface area (Å²) in [5, 5.41) is 9.22. The highest BCUT2D eigenvalue weighted by molar-refractivity contribution is 7.89. The fourth-order valence-electron chi connectivity index (χ4n) is 1.46. The van der Waals surface area contributed by atoms with Crippen LogP contribution in [-0.2, 0) is 16.6 Å². The first kappa shape index (κ1) is 15.2. The zero-order valence-electron chi connectivity index (χ0n) is 10.4. The Morgan fingerprint density at radius 3 is 2.56 bits per heavy atom. The molecule has 0 atom stereocenters. The third kappa shape index (κ3) is 3.32. The van der Waals surface area contributed by atoms with Crippen LogP contribution in [0, 0.1) is 0 Å². The lowest BCUT2D eigenvalue weighted by molar-refractivity contribution is 0.282. The summed E-state index contributed by atoms with van der Waals surface area (Å²) in [5.74, 6) is 0. The third-order valence-corrected chi connectivity index (χ3v) is 4.55. The van der Waals surface area contributed by atoms with E-state index in [1.54, 1.807) is 6.92 Å². The van der Waals surface area contributed by atoms with Gasteiger partial charge in [-0.05, 0) is 24.6 Å². The Morgan fingerprint density at radius 2 is 2.11 bits per heavy atom. The van der Waals surface area contributed by atoms with E-state index in [1.165, 1.54) is 29.6 Å². The maximum Gasteiger partial charge on any atom is 0.243 e. The molecular formula is C12H16ClNO3S. The van der Waals surface area contributed by atoms with Gasteiger partial charge >= 0.3 is 0 Å². The molecule has 4 nitrogen and oxygen atoms in total. The Bertz CT molecular complexity index is 554. The molecule has 0 fully saturated rings. The van der Waals surface area contributed by atoms with Crippen molar-refractivity contribution in [2.24, 2.45) is 0 Å². The first-order chi connectivity index (χ1) is 8.28. The van der Waals surface area contributed by atoms with E-state index in [4.69, 9.17) is 16.7 Å². The van der Waals surface area contributed by atoms with Gasteiger partial charge < -0.3 is 5.11 Å². The number of sulfonamides is 1. The van der Waals surface area contributed by atoms with Crippen LogP contribution in [0.3, 0.4) is 0 Å². The quantitative estimate of drug-likeness (QED) is 0.844. The van der Waals surface area contributed by atoms with Gasteiger partial charge in [0, 0.05) is 18.6 Å². The molecule has 0 unspecified atom stereocenters. The number of hydrogen-bond acceptors (Lipinski definition) is 3. The smallest absolute Gasteiger partial charge is 0.243 e. The second-order valence-corrected chi connectivity index (χ2v) is 6.58. The number of benzene rings is 1. The summed E-state index contributed by atoms with van der Waals surface area (Å²) in [4.78, 5) is 0.105. The molecule has 0 aromatic heterocycles. The summed E-state index contributed by atoms with van der Waals surface area (Å²) >= 11 is 5.89. The summed E-state index contributed by atoms with van der Waals surface area (Å²) < 4.78 is 25.6. The lowest BCUT2D eigenvalue weighted by Gasteiger charge is -2.17. The normalized spacial score (nSPS) is 11.8. The topological polar surface area (TPSA) is 57.6 Å². The Hall–Kier alpha value is -0.880. The zero-order valence-corrected chi connectivity index (χ0v) is 11.9. The molecule has 0 amide bonds. The van der Waals surface area contributed by atoms with Gasteiger partial charge in [0.15, 0.2) is 0 Å². The van der Waals surface area contributed by atoms with Crippen molar-refractivity contribution in [3.8, 4) is 0 Å². The molecule has 0 radical (unpaired) electrons. The van der Waals surface area contributed by atoms with E-state index in [9.17, 15) is 8.42 Å². The SMILES string of the molecule is C=C(C)CN(C)S(=O)(=O)c1ccc(CO)c(Cl)c1. The van der Waals surface area contributed by atoms with Crippen molar-refractivity contribution < 1.29 is 13.5 Å². The Labute approximate surface area is 113 Å². The monoisotopic (exact) mass is 289 g/mol. The molecule has 1 aromatic rings. The van der Waals surface area contributed by atoms with E-state index in [0.29, 0.717) is 5.56 Å². The average Bonchev–Trinajstić information content (AvgIpc) is 2.27. The van der Waals surface area contributed by atoms with Crippen molar-refractivity contribution in [2.45, 2.75) is 18.4 Å². The van der Waals surface area contributed by atoms with Crippen LogP contribution >= 0.6 is 11.6 Å². The maximum atomic E-state index is 12.2.